The van der Waals surface area contributed by atoms with Crippen LogP contribution in [0.4, 0.5) is 24.5 Å². The molecule has 1 saturated heterocycles. The van der Waals surface area contributed by atoms with E-state index in [1.54, 1.807) is 12.1 Å². The molecular formula is C24H24F3N3O3. The van der Waals surface area contributed by atoms with Gasteiger partial charge in [-0.15, -0.1) is 0 Å². The van der Waals surface area contributed by atoms with Gasteiger partial charge in [-0.25, -0.2) is 0 Å². The first-order valence-corrected chi connectivity index (χ1v) is 10.9. The molecule has 6 nitrogen and oxygen atoms in total. The molecule has 3 amide bonds. The summed E-state index contributed by atoms with van der Waals surface area (Å²) >= 11 is 0. The Bertz CT molecular complexity index is 1060. The van der Waals surface area contributed by atoms with Crippen molar-refractivity contribution in [3.63, 3.8) is 0 Å². The van der Waals surface area contributed by atoms with E-state index in [2.05, 4.69) is 10.6 Å². The van der Waals surface area contributed by atoms with Crippen LogP contribution in [-0.2, 0) is 15.8 Å². The molecule has 1 atom stereocenters. The lowest BCUT2D eigenvalue weighted by Crippen LogP contribution is -2.35. The van der Waals surface area contributed by atoms with Crippen molar-refractivity contribution in [1.82, 2.24) is 4.90 Å². The van der Waals surface area contributed by atoms with Crippen LogP contribution in [0.2, 0.25) is 0 Å². The quantitative estimate of drug-likeness (QED) is 0.681. The van der Waals surface area contributed by atoms with Gasteiger partial charge in [0.05, 0.1) is 11.5 Å². The molecule has 0 spiro atoms. The number of benzene rings is 2. The standard InChI is InChI=1S/C24H24F3N3O3/c25-24(26,27)17-6-4-8-19(13-17)29-22(32)15-5-3-7-18(11-15)28-23(33)16-12-21(31)30(14-16)20-9-1-2-10-20/h3-8,11,13,16,20H,1-2,9-10,12,14H2,(H,28,33)(H,29,32). The van der Waals surface area contributed by atoms with Crippen molar-refractivity contribution < 1.29 is 27.6 Å². The van der Waals surface area contributed by atoms with Gasteiger partial charge in [-0.05, 0) is 49.2 Å². The largest absolute Gasteiger partial charge is 0.416 e. The molecule has 4 rings (SSSR count). The Hall–Kier alpha value is -3.36. The number of nitrogens with zero attached hydrogens (tertiary/aromatic N) is 1. The predicted octanol–water partition coefficient (Wildman–Crippen LogP) is 4.69. The van der Waals surface area contributed by atoms with Gasteiger partial charge in [0.1, 0.15) is 0 Å². The maximum absolute atomic E-state index is 12.9. The van der Waals surface area contributed by atoms with Gasteiger partial charge in [0.15, 0.2) is 0 Å². The van der Waals surface area contributed by atoms with Crippen LogP contribution >= 0.6 is 0 Å². The maximum Gasteiger partial charge on any atom is 0.416 e. The first kappa shape index (κ1) is 22.8. The van der Waals surface area contributed by atoms with Crippen molar-refractivity contribution in [2.45, 2.75) is 44.3 Å². The summed E-state index contributed by atoms with van der Waals surface area (Å²) in [5.41, 5.74) is -0.288. The van der Waals surface area contributed by atoms with Crippen molar-refractivity contribution in [2.24, 2.45) is 5.92 Å². The molecule has 1 unspecified atom stereocenters. The SMILES string of the molecule is O=C(Nc1cccc(C(F)(F)F)c1)c1cccc(NC(=O)C2CC(=O)N(C3CCCC3)C2)c1. The second-order valence-corrected chi connectivity index (χ2v) is 8.49. The van der Waals surface area contributed by atoms with E-state index in [9.17, 15) is 27.6 Å². The highest BCUT2D eigenvalue weighted by Gasteiger charge is 2.38. The number of hydrogen-bond donors (Lipinski definition) is 2. The van der Waals surface area contributed by atoms with Crippen molar-refractivity contribution in [2.75, 3.05) is 17.2 Å². The molecule has 2 N–H and O–H groups in total. The Morgan fingerprint density at radius 3 is 2.30 bits per heavy atom. The van der Waals surface area contributed by atoms with Crippen molar-refractivity contribution in [1.29, 1.82) is 0 Å². The lowest BCUT2D eigenvalue weighted by Gasteiger charge is -2.23. The fourth-order valence-electron chi connectivity index (χ4n) is 4.44. The van der Waals surface area contributed by atoms with E-state index in [1.807, 2.05) is 4.90 Å². The van der Waals surface area contributed by atoms with E-state index >= 15 is 0 Å². The van der Waals surface area contributed by atoms with Gasteiger partial charge in [-0.1, -0.05) is 25.0 Å². The van der Waals surface area contributed by atoms with E-state index in [0.29, 0.717) is 12.2 Å². The van der Waals surface area contributed by atoms with Gasteiger partial charge in [0.2, 0.25) is 11.8 Å². The minimum Gasteiger partial charge on any atom is -0.339 e. The van der Waals surface area contributed by atoms with Crippen LogP contribution < -0.4 is 10.6 Å². The number of anilines is 2. The van der Waals surface area contributed by atoms with Crippen LogP contribution in [0.25, 0.3) is 0 Å². The molecule has 0 bridgehead atoms. The third-order valence-electron chi connectivity index (χ3n) is 6.13. The summed E-state index contributed by atoms with van der Waals surface area (Å²) < 4.78 is 38.7. The fraction of sp³-hybridized carbons (Fsp3) is 0.375. The minimum atomic E-state index is -4.51. The normalized spacial score (nSPS) is 19.1. The average molecular weight is 459 g/mol. The van der Waals surface area contributed by atoms with E-state index < -0.39 is 23.6 Å². The Kier molecular flexibility index (Phi) is 6.40. The highest BCUT2D eigenvalue weighted by Crippen LogP contribution is 2.31. The Morgan fingerprint density at radius 1 is 0.939 bits per heavy atom. The molecule has 1 heterocycles. The van der Waals surface area contributed by atoms with Gasteiger partial charge >= 0.3 is 6.18 Å². The van der Waals surface area contributed by atoms with Crippen molar-refractivity contribution in [3.05, 3.63) is 59.7 Å². The van der Waals surface area contributed by atoms with Crippen LogP contribution in [-0.4, -0.2) is 35.2 Å². The summed E-state index contributed by atoms with van der Waals surface area (Å²) in [6.07, 6.45) is -0.203. The molecule has 9 heteroatoms. The number of carbonyl (C=O) groups is 3. The molecule has 33 heavy (non-hydrogen) atoms. The van der Waals surface area contributed by atoms with Gasteiger partial charge in [0.25, 0.3) is 5.91 Å². The molecule has 2 aromatic rings. The number of alkyl halides is 3. The monoisotopic (exact) mass is 459 g/mol. The molecular weight excluding hydrogens is 435 g/mol. The third kappa shape index (κ3) is 5.35. The highest BCUT2D eigenvalue weighted by molar-refractivity contribution is 6.05. The number of amides is 3. The number of halogens is 3. The summed E-state index contributed by atoms with van der Waals surface area (Å²) in [5, 5.41) is 5.20. The van der Waals surface area contributed by atoms with Crippen LogP contribution in [0.15, 0.2) is 48.5 Å². The Morgan fingerprint density at radius 2 is 1.61 bits per heavy atom. The molecule has 1 aliphatic heterocycles. The topological polar surface area (TPSA) is 78.5 Å². The molecule has 1 saturated carbocycles. The number of rotatable bonds is 5. The van der Waals surface area contributed by atoms with E-state index in [4.69, 9.17) is 0 Å². The van der Waals surface area contributed by atoms with Crippen LogP contribution in [0, 0.1) is 5.92 Å². The van der Waals surface area contributed by atoms with Crippen LogP contribution in [0.3, 0.4) is 0 Å². The lowest BCUT2D eigenvalue weighted by molar-refractivity contribution is -0.137. The van der Waals surface area contributed by atoms with E-state index in [1.165, 1.54) is 24.3 Å². The molecule has 2 aromatic carbocycles. The average Bonchev–Trinajstić information content (AvgIpc) is 3.43. The molecule has 0 radical (unpaired) electrons. The summed E-state index contributed by atoms with van der Waals surface area (Å²) in [6, 6.07) is 10.7. The van der Waals surface area contributed by atoms with Gasteiger partial charge < -0.3 is 15.5 Å². The summed E-state index contributed by atoms with van der Waals surface area (Å²) in [7, 11) is 0. The second-order valence-electron chi connectivity index (χ2n) is 8.49. The lowest BCUT2D eigenvalue weighted by atomic mass is 10.1. The zero-order valence-corrected chi connectivity index (χ0v) is 17.8. The maximum atomic E-state index is 12.9. The summed E-state index contributed by atoms with van der Waals surface area (Å²) in [6.45, 7) is 0.394. The molecule has 174 valence electrons. The van der Waals surface area contributed by atoms with Gasteiger partial charge in [-0.2, -0.15) is 13.2 Å². The fourth-order valence-corrected chi connectivity index (χ4v) is 4.44. The Balaban J connectivity index is 1.39. The smallest absolute Gasteiger partial charge is 0.339 e. The first-order chi connectivity index (χ1) is 15.7. The Labute approximate surface area is 189 Å². The molecule has 1 aliphatic carbocycles. The minimum absolute atomic E-state index is 0.00346. The first-order valence-electron chi connectivity index (χ1n) is 10.9. The predicted molar refractivity (Wildman–Crippen MR) is 117 cm³/mol. The highest BCUT2D eigenvalue weighted by atomic mass is 19.4. The van der Waals surface area contributed by atoms with Crippen LogP contribution in [0.5, 0.6) is 0 Å². The van der Waals surface area contributed by atoms with E-state index in [-0.39, 0.29) is 35.5 Å². The van der Waals surface area contributed by atoms with Crippen molar-refractivity contribution in [3.8, 4) is 0 Å². The number of hydrogen-bond acceptors (Lipinski definition) is 3. The molecule has 2 fully saturated rings. The zero-order chi connectivity index (χ0) is 23.6. The zero-order valence-electron chi connectivity index (χ0n) is 17.8. The number of carbonyl (C=O) groups excluding carboxylic acids is 3. The summed E-state index contributed by atoms with van der Waals surface area (Å²) in [4.78, 5) is 39.4. The third-order valence-corrected chi connectivity index (χ3v) is 6.13. The van der Waals surface area contributed by atoms with Crippen molar-refractivity contribution >= 4 is 29.1 Å². The second kappa shape index (κ2) is 9.25. The summed E-state index contributed by atoms with van der Waals surface area (Å²) in [5.74, 6) is -1.36. The van der Waals surface area contributed by atoms with Crippen LogP contribution in [0.1, 0.15) is 48.0 Å². The van der Waals surface area contributed by atoms with Gasteiger partial charge in [0, 0.05) is 35.9 Å². The number of nitrogens with one attached hydrogen (secondary N) is 2. The van der Waals surface area contributed by atoms with E-state index in [0.717, 1.165) is 37.8 Å². The number of likely N-dealkylation sites (tertiary alicyclic amines) is 1. The molecule has 0 aromatic heterocycles. The van der Waals surface area contributed by atoms with Gasteiger partial charge in [-0.3, -0.25) is 14.4 Å². The molecule has 2 aliphatic rings.